The highest BCUT2D eigenvalue weighted by Crippen LogP contribution is 2.22. The van der Waals surface area contributed by atoms with Crippen LogP contribution in [0, 0.1) is 0 Å². The summed E-state index contributed by atoms with van der Waals surface area (Å²) in [6.45, 7) is 3.23. The molecule has 1 saturated heterocycles. The van der Waals surface area contributed by atoms with E-state index in [0.717, 1.165) is 64.2 Å². The summed E-state index contributed by atoms with van der Waals surface area (Å²) in [5.74, 6) is -0.907. The molecule has 6 atom stereocenters. The molecule has 63 heavy (non-hydrogen) atoms. The van der Waals surface area contributed by atoms with Crippen molar-refractivity contribution in [3.05, 3.63) is 72.9 Å². The standard InChI is InChI=1S/C53H90O10/c1-3-5-7-9-11-13-15-17-19-20-21-22-23-24-25-26-28-29-31-33-35-37-39-41-48(55)60-44-46(45-61-53-52(59)51(58)50(57)47(43-54)63-53)62-49(56)42-40-38-36-34-32-30-27-18-16-14-12-10-8-6-4-2/h6,8,12,14,18,26-28,32-35,46-47,50-54,57-59H,3-5,7,9-11,13,15-17,19-25,29-31,36-45H2,1-2H3/b8-6+,14-12+,27-18+,28-26+,34-32+,35-33+/t46-,47-,50+,51?,52?,53-/m0/s1. The van der Waals surface area contributed by atoms with Gasteiger partial charge in [-0.25, -0.2) is 0 Å². The maximum Gasteiger partial charge on any atom is 0.306 e. The van der Waals surface area contributed by atoms with Crippen LogP contribution >= 0.6 is 0 Å². The Morgan fingerprint density at radius 3 is 1.52 bits per heavy atom. The fraction of sp³-hybridized carbons (Fsp3) is 0.736. The zero-order valence-corrected chi connectivity index (χ0v) is 39.6. The van der Waals surface area contributed by atoms with E-state index < -0.39 is 55.4 Å². The van der Waals surface area contributed by atoms with E-state index in [9.17, 15) is 30.0 Å². The van der Waals surface area contributed by atoms with Crippen LogP contribution in [0.5, 0.6) is 0 Å². The van der Waals surface area contributed by atoms with Crippen molar-refractivity contribution in [1.82, 2.24) is 0 Å². The molecule has 0 bridgehead atoms. The lowest BCUT2D eigenvalue weighted by atomic mass is 9.99. The lowest BCUT2D eigenvalue weighted by molar-refractivity contribution is -0.305. The minimum Gasteiger partial charge on any atom is -0.462 e. The summed E-state index contributed by atoms with van der Waals surface area (Å²) in [7, 11) is 0. The Labute approximate surface area is 383 Å². The SMILES string of the molecule is CC/C=C/C/C=C/C/C=C/C/C=C/CCCCC(=O)O[C@@H](COC(=O)CCC/C=C/CC/C=C/CCCCCCCCCCCCCCCC)CO[C@H]1O[C@@H](CO)[C@@H](O)C(O)C1O. The minimum atomic E-state index is -1.61. The Balaban J connectivity index is 2.31. The molecule has 0 radical (unpaired) electrons. The molecule has 1 heterocycles. The molecule has 1 fully saturated rings. The van der Waals surface area contributed by atoms with Gasteiger partial charge in [0.25, 0.3) is 0 Å². The molecule has 10 heteroatoms. The highest BCUT2D eigenvalue weighted by atomic mass is 16.7. The molecular formula is C53H90O10. The zero-order chi connectivity index (χ0) is 45.9. The summed E-state index contributed by atoms with van der Waals surface area (Å²) in [4.78, 5) is 25.4. The summed E-state index contributed by atoms with van der Waals surface area (Å²) in [5, 5.41) is 40.1. The van der Waals surface area contributed by atoms with E-state index in [1.807, 2.05) is 0 Å². The van der Waals surface area contributed by atoms with Gasteiger partial charge in [-0.2, -0.15) is 0 Å². The van der Waals surface area contributed by atoms with Crippen LogP contribution < -0.4 is 0 Å². The number of carbonyl (C=O) groups is 2. The molecule has 1 rings (SSSR count). The number of esters is 2. The van der Waals surface area contributed by atoms with Crippen LogP contribution in [-0.4, -0.2) is 89.0 Å². The number of ether oxygens (including phenoxy) is 4. The Kier molecular flexibility index (Phi) is 39.7. The van der Waals surface area contributed by atoms with Crippen LogP contribution in [0.2, 0.25) is 0 Å². The molecule has 0 amide bonds. The van der Waals surface area contributed by atoms with Gasteiger partial charge in [0, 0.05) is 12.8 Å². The van der Waals surface area contributed by atoms with Crippen molar-refractivity contribution in [3.8, 4) is 0 Å². The quantitative estimate of drug-likeness (QED) is 0.0265. The van der Waals surface area contributed by atoms with Crippen LogP contribution in [0.1, 0.15) is 194 Å². The first-order valence-electron chi connectivity index (χ1n) is 25.0. The summed E-state index contributed by atoms with van der Waals surface area (Å²) in [5.41, 5.74) is 0. The molecule has 0 aromatic heterocycles. The van der Waals surface area contributed by atoms with Gasteiger partial charge >= 0.3 is 11.9 Å². The van der Waals surface area contributed by atoms with Crippen molar-refractivity contribution in [2.45, 2.75) is 230 Å². The summed E-state index contributed by atoms with van der Waals surface area (Å²) >= 11 is 0. The molecule has 362 valence electrons. The lowest BCUT2D eigenvalue weighted by Crippen LogP contribution is -2.59. The molecule has 0 aromatic rings. The van der Waals surface area contributed by atoms with Gasteiger partial charge in [-0.05, 0) is 83.5 Å². The van der Waals surface area contributed by atoms with E-state index in [4.69, 9.17) is 18.9 Å². The smallest absolute Gasteiger partial charge is 0.306 e. The summed E-state index contributed by atoms with van der Waals surface area (Å²) in [6, 6.07) is 0. The number of aliphatic hydroxyl groups is 4. The van der Waals surface area contributed by atoms with Crippen LogP contribution in [0.25, 0.3) is 0 Å². The van der Waals surface area contributed by atoms with Crippen LogP contribution in [0.15, 0.2) is 72.9 Å². The second kappa shape index (κ2) is 43.1. The van der Waals surface area contributed by atoms with Gasteiger partial charge in [0.05, 0.1) is 13.2 Å². The molecule has 0 saturated carbocycles. The van der Waals surface area contributed by atoms with Crippen LogP contribution in [0.3, 0.4) is 0 Å². The molecule has 1 aliphatic heterocycles. The maximum absolute atomic E-state index is 12.8. The van der Waals surface area contributed by atoms with Crippen LogP contribution in [-0.2, 0) is 28.5 Å². The van der Waals surface area contributed by atoms with E-state index in [1.165, 1.54) is 89.9 Å². The van der Waals surface area contributed by atoms with Crippen molar-refractivity contribution >= 4 is 11.9 Å². The third kappa shape index (κ3) is 34.2. The lowest BCUT2D eigenvalue weighted by Gasteiger charge is -2.39. The van der Waals surface area contributed by atoms with Crippen molar-refractivity contribution in [1.29, 1.82) is 0 Å². The highest BCUT2D eigenvalue weighted by Gasteiger charge is 2.44. The number of unbranched alkanes of at least 4 members (excludes halogenated alkanes) is 18. The molecule has 1 aliphatic rings. The Hall–Kier alpha value is -2.86. The normalized spacial score (nSPS) is 20.1. The number of aliphatic hydroxyl groups excluding tert-OH is 4. The Morgan fingerprint density at radius 1 is 0.508 bits per heavy atom. The second-order valence-electron chi connectivity index (χ2n) is 16.9. The van der Waals surface area contributed by atoms with Crippen molar-refractivity contribution in [2.24, 2.45) is 0 Å². The fourth-order valence-corrected chi connectivity index (χ4v) is 7.14. The third-order valence-electron chi connectivity index (χ3n) is 11.1. The molecule has 2 unspecified atom stereocenters. The third-order valence-corrected chi connectivity index (χ3v) is 11.1. The predicted molar refractivity (Wildman–Crippen MR) is 256 cm³/mol. The number of hydrogen-bond donors (Lipinski definition) is 4. The number of rotatable bonds is 41. The monoisotopic (exact) mass is 887 g/mol. The van der Waals surface area contributed by atoms with Crippen molar-refractivity contribution in [3.63, 3.8) is 0 Å². The Bertz CT molecular complexity index is 1250. The first kappa shape index (κ1) is 58.2. The van der Waals surface area contributed by atoms with E-state index in [0.29, 0.717) is 12.8 Å². The average molecular weight is 887 g/mol. The van der Waals surface area contributed by atoms with E-state index in [1.54, 1.807) is 0 Å². The van der Waals surface area contributed by atoms with Crippen LogP contribution in [0.4, 0.5) is 0 Å². The number of hydrogen-bond acceptors (Lipinski definition) is 10. The van der Waals surface area contributed by atoms with E-state index in [2.05, 4.69) is 86.8 Å². The van der Waals surface area contributed by atoms with Gasteiger partial charge in [0.15, 0.2) is 12.4 Å². The van der Waals surface area contributed by atoms with Gasteiger partial charge < -0.3 is 39.4 Å². The summed E-state index contributed by atoms with van der Waals surface area (Å²) < 4.78 is 22.1. The number of allylic oxidation sites excluding steroid dienone is 12. The van der Waals surface area contributed by atoms with Gasteiger partial charge in [0.2, 0.25) is 0 Å². The van der Waals surface area contributed by atoms with Crippen molar-refractivity contribution < 1.29 is 49.0 Å². The molecule has 0 aromatic carbocycles. The highest BCUT2D eigenvalue weighted by molar-refractivity contribution is 5.70. The molecule has 4 N–H and O–H groups in total. The van der Waals surface area contributed by atoms with Gasteiger partial charge in [-0.1, -0.05) is 170 Å². The van der Waals surface area contributed by atoms with E-state index in [-0.39, 0.29) is 26.1 Å². The van der Waals surface area contributed by atoms with Crippen molar-refractivity contribution in [2.75, 3.05) is 19.8 Å². The first-order valence-corrected chi connectivity index (χ1v) is 25.0. The molecule has 0 spiro atoms. The topological polar surface area (TPSA) is 152 Å². The molecule has 10 nitrogen and oxygen atoms in total. The zero-order valence-electron chi connectivity index (χ0n) is 39.6. The fourth-order valence-electron chi connectivity index (χ4n) is 7.14. The maximum atomic E-state index is 12.8. The van der Waals surface area contributed by atoms with Gasteiger partial charge in [-0.15, -0.1) is 0 Å². The average Bonchev–Trinajstić information content (AvgIpc) is 3.28. The first-order chi connectivity index (χ1) is 30.8. The molecule has 0 aliphatic carbocycles. The van der Waals surface area contributed by atoms with E-state index >= 15 is 0 Å². The Morgan fingerprint density at radius 2 is 0.968 bits per heavy atom. The number of carbonyl (C=O) groups excluding carboxylic acids is 2. The van der Waals surface area contributed by atoms with Gasteiger partial charge in [-0.3, -0.25) is 9.59 Å². The second-order valence-corrected chi connectivity index (χ2v) is 16.9. The molecular weight excluding hydrogens is 797 g/mol. The van der Waals surface area contributed by atoms with Gasteiger partial charge in [0.1, 0.15) is 31.0 Å². The summed E-state index contributed by atoms with van der Waals surface area (Å²) in [6.07, 6.45) is 47.9. The minimum absolute atomic E-state index is 0.166. The predicted octanol–water partition coefficient (Wildman–Crippen LogP) is 11.6. The largest absolute Gasteiger partial charge is 0.462 e.